The molecule has 0 bridgehead atoms. The van der Waals surface area contributed by atoms with Crippen molar-refractivity contribution in [2.24, 2.45) is 0 Å². The molecule has 0 saturated carbocycles. The smallest absolute Gasteiger partial charge is 0.272 e. The average molecular weight is 439 g/mol. The van der Waals surface area contributed by atoms with Gasteiger partial charge in [-0.05, 0) is 50.1 Å². The first-order valence-corrected chi connectivity index (χ1v) is 10.1. The highest BCUT2D eigenvalue weighted by Crippen LogP contribution is 2.24. The maximum atomic E-state index is 12.9. The van der Waals surface area contributed by atoms with Crippen LogP contribution < -0.4 is 15.8 Å². The molecule has 1 aliphatic heterocycles. The van der Waals surface area contributed by atoms with E-state index < -0.39 is 22.8 Å². The van der Waals surface area contributed by atoms with Gasteiger partial charge in [-0.15, -0.1) is 0 Å². The van der Waals surface area contributed by atoms with Gasteiger partial charge in [-0.1, -0.05) is 6.07 Å². The highest BCUT2D eigenvalue weighted by Gasteiger charge is 2.35. The molecule has 0 aromatic heterocycles. The summed E-state index contributed by atoms with van der Waals surface area (Å²) in [6.45, 7) is 1.94. The molecular weight excluding hydrogens is 414 g/mol. The minimum atomic E-state index is -0.744. The predicted molar refractivity (Wildman–Crippen MR) is 118 cm³/mol. The Labute approximate surface area is 185 Å². The van der Waals surface area contributed by atoms with Gasteiger partial charge >= 0.3 is 0 Å². The molecule has 10 heteroatoms. The number of carbonyl (C=O) groups excluding carboxylic acids is 3. The van der Waals surface area contributed by atoms with E-state index >= 15 is 0 Å². The van der Waals surface area contributed by atoms with Gasteiger partial charge < -0.3 is 9.80 Å². The molecule has 1 saturated heterocycles. The van der Waals surface area contributed by atoms with Crippen LogP contribution in [0.5, 0.6) is 0 Å². The number of rotatable bonds is 5. The molecule has 1 aliphatic rings. The number of nitro benzene ring substituents is 1. The number of amides is 3. The Balaban J connectivity index is 1.66. The van der Waals surface area contributed by atoms with Crippen LogP contribution >= 0.6 is 0 Å². The van der Waals surface area contributed by atoms with E-state index in [-0.39, 0.29) is 17.2 Å². The number of nitrogens with zero attached hydrogens (tertiary/aromatic N) is 3. The van der Waals surface area contributed by atoms with E-state index in [1.807, 2.05) is 25.1 Å². The molecule has 1 fully saturated rings. The van der Waals surface area contributed by atoms with E-state index in [0.717, 1.165) is 5.69 Å². The average Bonchev–Trinajstić information content (AvgIpc) is 3.26. The van der Waals surface area contributed by atoms with Crippen molar-refractivity contribution in [1.82, 2.24) is 15.8 Å². The number of nitro groups is 1. The third-order valence-corrected chi connectivity index (χ3v) is 5.38. The minimum Gasteiger partial charge on any atom is -0.378 e. The summed E-state index contributed by atoms with van der Waals surface area (Å²) in [4.78, 5) is 51.8. The first kappa shape index (κ1) is 22.7. The summed E-state index contributed by atoms with van der Waals surface area (Å²) in [5.74, 6) is -1.35. The van der Waals surface area contributed by atoms with Gasteiger partial charge in [-0.3, -0.25) is 35.3 Å². The van der Waals surface area contributed by atoms with Gasteiger partial charge in [0.1, 0.15) is 6.04 Å². The topological polar surface area (TPSA) is 125 Å². The van der Waals surface area contributed by atoms with Gasteiger partial charge in [0.05, 0.1) is 4.92 Å². The number of carbonyl (C=O) groups is 3. The first-order chi connectivity index (χ1) is 15.2. The van der Waals surface area contributed by atoms with Crippen molar-refractivity contribution in [3.63, 3.8) is 0 Å². The second-order valence-corrected chi connectivity index (χ2v) is 7.80. The van der Waals surface area contributed by atoms with Gasteiger partial charge in [-0.25, -0.2) is 0 Å². The Morgan fingerprint density at radius 2 is 1.84 bits per heavy atom. The van der Waals surface area contributed by atoms with Crippen LogP contribution in [0.15, 0.2) is 42.5 Å². The molecule has 32 heavy (non-hydrogen) atoms. The van der Waals surface area contributed by atoms with Crippen LogP contribution in [0.1, 0.15) is 39.1 Å². The number of aryl methyl sites for hydroxylation is 1. The molecule has 1 unspecified atom stereocenters. The molecule has 3 rings (SSSR count). The lowest BCUT2D eigenvalue weighted by atomic mass is 10.1. The molecule has 0 spiro atoms. The number of likely N-dealkylation sites (tertiary alicyclic amines) is 1. The van der Waals surface area contributed by atoms with Crippen LogP contribution in [0.25, 0.3) is 0 Å². The summed E-state index contributed by atoms with van der Waals surface area (Å²) in [6.07, 6.45) is 1.09. The largest absolute Gasteiger partial charge is 0.378 e. The lowest BCUT2D eigenvalue weighted by molar-refractivity contribution is -0.385. The summed E-state index contributed by atoms with van der Waals surface area (Å²) in [5.41, 5.74) is 6.61. The summed E-state index contributed by atoms with van der Waals surface area (Å²) in [6, 6.07) is 10.3. The summed E-state index contributed by atoms with van der Waals surface area (Å²) in [5, 5.41) is 11.0. The Kier molecular flexibility index (Phi) is 6.72. The fraction of sp³-hybridized carbons (Fsp3) is 0.318. The predicted octanol–water partition coefficient (Wildman–Crippen LogP) is 2.04. The SMILES string of the molecule is Cc1cc(C(=O)N2CCCC2C(=O)NNC(=O)c2cccc(N(C)C)c2)ccc1[N+](=O)[O-]. The van der Waals surface area contributed by atoms with Crippen molar-refractivity contribution in [2.45, 2.75) is 25.8 Å². The van der Waals surface area contributed by atoms with Crippen molar-refractivity contribution in [3.05, 3.63) is 69.3 Å². The second-order valence-electron chi connectivity index (χ2n) is 7.80. The molecule has 2 aromatic carbocycles. The molecule has 3 amide bonds. The van der Waals surface area contributed by atoms with Crippen molar-refractivity contribution in [1.29, 1.82) is 0 Å². The Hall–Kier alpha value is -3.95. The normalized spacial score (nSPS) is 15.2. The van der Waals surface area contributed by atoms with Crippen molar-refractivity contribution in [2.75, 3.05) is 25.5 Å². The zero-order valence-corrected chi connectivity index (χ0v) is 18.1. The molecule has 1 heterocycles. The minimum absolute atomic E-state index is 0.0710. The van der Waals surface area contributed by atoms with E-state index in [1.54, 1.807) is 25.1 Å². The first-order valence-electron chi connectivity index (χ1n) is 10.1. The van der Waals surface area contributed by atoms with Gasteiger partial charge in [-0.2, -0.15) is 0 Å². The summed E-state index contributed by atoms with van der Waals surface area (Å²) in [7, 11) is 3.72. The number of hydrogen-bond donors (Lipinski definition) is 2. The molecule has 2 aromatic rings. The maximum absolute atomic E-state index is 12.9. The highest BCUT2D eigenvalue weighted by atomic mass is 16.6. The molecule has 0 radical (unpaired) electrons. The van der Waals surface area contributed by atoms with Crippen LogP contribution in [0.2, 0.25) is 0 Å². The number of hydrazine groups is 1. The number of anilines is 1. The van der Waals surface area contributed by atoms with Crippen LogP contribution in [-0.4, -0.2) is 54.2 Å². The molecular formula is C22H25N5O5. The van der Waals surface area contributed by atoms with E-state index in [1.165, 1.54) is 23.1 Å². The van der Waals surface area contributed by atoms with Gasteiger partial charge in [0.15, 0.2) is 0 Å². The summed E-state index contributed by atoms with van der Waals surface area (Å²) < 4.78 is 0. The second kappa shape index (κ2) is 9.46. The quantitative estimate of drug-likeness (QED) is 0.543. The Morgan fingerprint density at radius 1 is 1.09 bits per heavy atom. The van der Waals surface area contributed by atoms with Crippen molar-refractivity contribution < 1.29 is 19.3 Å². The maximum Gasteiger partial charge on any atom is 0.272 e. The van der Waals surface area contributed by atoms with Crippen molar-refractivity contribution in [3.8, 4) is 0 Å². The lowest BCUT2D eigenvalue weighted by Gasteiger charge is -2.24. The monoisotopic (exact) mass is 439 g/mol. The zero-order valence-electron chi connectivity index (χ0n) is 18.1. The number of nitrogens with one attached hydrogen (secondary N) is 2. The van der Waals surface area contributed by atoms with Crippen LogP contribution in [0, 0.1) is 17.0 Å². The van der Waals surface area contributed by atoms with Gasteiger partial charge in [0.25, 0.3) is 23.4 Å². The highest BCUT2D eigenvalue weighted by molar-refractivity contribution is 6.00. The van der Waals surface area contributed by atoms with Crippen molar-refractivity contribution >= 4 is 29.1 Å². The van der Waals surface area contributed by atoms with Crippen LogP contribution in [0.3, 0.4) is 0 Å². The molecule has 0 aliphatic carbocycles. The fourth-order valence-corrected chi connectivity index (χ4v) is 3.64. The third kappa shape index (κ3) is 4.85. The fourth-order valence-electron chi connectivity index (χ4n) is 3.64. The standard InChI is InChI=1S/C22H25N5O5/c1-14-12-16(9-10-18(14)27(31)32)22(30)26-11-5-8-19(26)21(29)24-23-20(28)15-6-4-7-17(13-15)25(2)3/h4,6-7,9-10,12-13,19H,5,8,11H2,1-3H3,(H,23,28)(H,24,29). The molecule has 168 valence electrons. The Bertz CT molecular complexity index is 1070. The van der Waals surface area contributed by atoms with Crippen LogP contribution in [-0.2, 0) is 4.79 Å². The van der Waals surface area contributed by atoms with E-state index in [2.05, 4.69) is 10.9 Å². The molecule has 2 N–H and O–H groups in total. The molecule has 1 atom stereocenters. The lowest BCUT2D eigenvalue weighted by Crippen LogP contribution is -2.51. The van der Waals surface area contributed by atoms with E-state index in [9.17, 15) is 24.5 Å². The zero-order chi connectivity index (χ0) is 23.4. The summed E-state index contributed by atoms with van der Waals surface area (Å²) >= 11 is 0. The number of benzene rings is 2. The molecule has 10 nitrogen and oxygen atoms in total. The van der Waals surface area contributed by atoms with E-state index in [0.29, 0.717) is 30.5 Å². The van der Waals surface area contributed by atoms with Gasteiger partial charge in [0.2, 0.25) is 0 Å². The van der Waals surface area contributed by atoms with Gasteiger partial charge in [0, 0.05) is 49.1 Å². The Morgan fingerprint density at radius 3 is 2.50 bits per heavy atom. The third-order valence-electron chi connectivity index (χ3n) is 5.38. The van der Waals surface area contributed by atoms with E-state index in [4.69, 9.17) is 0 Å². The van der Waals surface area contributed by atoms with Crippen LogP contribution in [0.4, 0.5) is 11.4 Å². The number of hydrogen-bond acceptors (Lipinski definition) is 6.